The molecule has 0 heterocycles. The lowest BCUT2D eigenvalue weighted by atomic mass is 10.1. The highest BCUT2D eigenvalue weighted by Crippen LogP contribution is 2.15. The van der Waals surface area contributed by atoms with Gasteiger partial charge in [-0.1, -0.05) is 25.5 Å². The number of carbonyl (C=O) groups excluding carboxylic acids is 1. The van der Waals surface area contributed by atoms with Crippen LogP contribution in [0.25, 0.3) is 0 Å². The maximum atomic E-state index is 12.2. The first-order chi connectivity index (χ1) is 10.1. The summed E-state index contributed by atoms with van der Waals surface area (Å²) in [6, 6.07) is 13.4. The maximum Gasteiger partial charge on any atom is 0.255 e. The molecule has 0 aromatic heterocycles. The summed E-state index contributed by atoms with van der Waals surface area (Å²) in [4.78, 5) is 12.2. The van der Waals surface area contributed by atoms with E-state index in [4.69, 9.17) is 5.73 Å². The van der Waals surface area contributed by atoms with Crippen LogP contribution in [0, 0.1) is 6.92 Å². The summed E-state index contributed by atoms with van der Waals surface area (Å²) in [6.07, 6.45) is 3.46. The molecule has 0 spiro atoms. The summed E-state index contributed by atoms with van der Waals surface area (Å²) in [7, 11) is 0. The molecule has 2 rings (SSSR count). The summed E-state index contributed by atoms with van der Waals surface area (Å²) in [6.45, 7) is 4.11. The summed E-state index contributed by atoms with van der Waals surface area (Å²) in [5.74, 6) is -0.133. The van der Waals surface area contributed by atoms with Crippen LogP contribution in [0.15, 0.2) is 42.5 Å². The van der Waals surface area contributed by atoms with Crippen molar-refractivity contribution in [2.24, 2.45) is 0 Å². The summed E-state index contributed by atoms with van der Waals surface area (Å²) in [5.41, 5.74) is 10.1. The first-order valence-corrected chi connectivity index (χ1v) is 7.36. The molecule has 0 atom stereocenters. The van der Waals surface area contributed by atoms with E-state index in [9.17, 15) is 4.79 Å². The van der Waals surface area contributed by atoms with Gasteiger partial charge in [0, 0.05) is 16.9 Å². The molecule has 3 heteroatoms. The van der Waals surface area contributed by atoms with E-state index in [-0.39, 0.29) is 5.91 Å². The van der Waals surface area contributed by atoms with Gasteiger partial charge in [0.25, 0.3) is 5.91 Å². The van der Waals surface area contributed by atoms with Crippen LogP contribution in [0.2, 0.25) is 0 Å². The Morgan fingerprint density at radius 1 is 1.14 bits per heavy atom. The molecule has 2 aromatic carbocycles. The van der Waals surface area contributed by atoms with Gasteiger partial charge in [0.05, 0.1) is 0 Å². The third-order valence-corrected chi connectivity index (χ3v) is 3.39. The number of hydrogen-bond acceptors (Lipinski definition) is 2. The Morgan fingerprint density at radius 3 is 2.48 bits per heavy atom. The number of rotatable bonds is 5. The van der Waals surface area contributed by atoms with Gasteiger partial charge in [-0.3, -0.25) is 4.79 Å². The van der Waals surface area contributed by atoms with E-state index in [1.165, 1.54) is 18.4 Å². The molecule has 3 N–H and O–H groups in total. The smallest absolute Gasteiger partial charge is 0.255 e. The molecule has 0 aliphatic rings. The maximum absolute atomic E-state index is 12.2. The van der Waals surface area contributed by atoms with Gasteiger partial charge >= 0.3 is 0 Å². The van der Waals surface area contributed by atoms with Crippen LogP contribution in [0.1, 0.15) is 41.3 Å². The van der Waals surface area contributed by atoms with Crippen molar-refractivity contribution in [2.45, 2.75) is 33.1 Å². The Bertz CT molecular complexity index is 597. The molecule has 21 heavy (non-hydrogen) atoms. The fourth-order valence-electron chi connectivity index (χ4n) is 2.28. The van der Waals surface area contributed by atoms with Crippen LogP contribution in [0.5, 0.6) is 0 Å². The highest BCUT2D eigenvalue weighted by molar-refractivity contribution is 6.04. The number of aryl methyl sites for hydroxylation is 2. The van der Waals surface area contributed by atoms with Gasteiger partial charge in [0.2, 0.25) is 0 Å². The van der Waals surface area contributed by atoms with E-state index in [2.05, 4.69) is 24.4 Å². The van der Waals surface area contributed by atoms with Crippen molar-refractivity contribution < 1.29 is 4.79 Å². The molecule has 0 radical (unpaired) electrons. The lowest BCUT2D eigenvalue weighted by Gasteiger charge is -2.08. The van der Waals surface area contributed by atoms with Crippen molar-refractivity contribution in [2.75, 3.05) is 11.1 Å². The van der Waals surface area contributed by atoms with Gasteiger partial charge in [-0.25, -0.2) is 0 Å². The number of hydrogen-bond donors (Lipinski definition) is 2. The van der Waals surface area contributed by atoms with Gasteiger partial charge in [-0.2, -0.15) is 0 Å². The molecule has 3 nitrogen and oxygen atoms in total. The number of amides is 1. The molecular weight excluding hydrogens is 260 g/mol. The minimum Gasteiger partial charge on any atom is -0.399 e. The van der Waals surface area contributed by atoms with Crippen LogP contribution in [-0.2, 0) is 6.42 Å². The van der Waals surface area contributed by atoms with Crippen molar-refractivity contribution in [3.8, 4) is 0 Å². The quantitative estimate of drug-likeness (QED) is 0.809. The molecular formula is C18H22N2O. The van der Waals surface area contributed by atoms with Crippen LogP contribution in [-0.4, -0.2) is 5.91 Å². The fourth-order valence-corrected chi connectivity index (χ4v) is 2.28. The van der Waals surface area contributed by atoms with Crippen molar-refractivity contribution in [1.29, 1.82) is 0 Å². The fraction of sp³-hybridized carbons (Fsp3) is 0.278. The van der Waals surface area contributed by atoms with Gasteiger partial charge in [0.1, 0.15) is 0 Å². The Hall–Kier alpha value is -2.29. The van der Waals surface area contributed by atoms with E-state index in [1.807, 2.05) is 31.2 Å². The molecule has 110 valence electrons. The second-order valence-corrected chi connectivity index (χ2v) is 5.39. The molecule has 0 saturated heterocycles. The molecule has 0 bridgehead atoms. The summed E-state index contributed by atoms with van der Waals surface area (Å²) in [5, 5.41) is 2.90. The Kier molecular flexibility index (Phi) is 4.99. The number of anilines is 2. The molecule has 0 saturated carbocycles. The van der Waals surface area contributed by atoms with E-state index < -0.39 is 0 Å². The van der Waals surface area contributed by atoms with Gasteiger partial charge in [0.15, 0.2) is 0 Å². The van der Waals surface area contributed by atoms with Gasteiger partial charge in [-0.05, 0) is 61.2 Å². The SMILES string of the molecule is CCCCc1ccc(NC(=O)c2cc(C)cc(N)c2)cc1. The normalized spacial score (nSPS) is 10.4. The standard InChI is InChI=1S/C18H22N2O/c1-3-4-5-14-6-8-17(9-7-14)20-18(21)15-10-13(2)11-16(19)12-15/h6-12H,3-5,19H2,1-2H3,(H,20,21). The topological polar surface area (TPSA) is 55.1 Å². The van der Waals surface area contributed by atoms with Crippen molar-refractivity contribution in [3.63, 3.8) is 0 Å². The number of nitrogens with one attached hydrogen (secondary N) is 1. The van der Waals surface area contributed by atoms with E-state index in [0.717, 1.165) is 17.7 Å². The van der Waals surface area contributed by atoms with Crippen LogP contribution >= 0.6 is 0 Å². The minimum absolute atomic E-state index is 0.133. The second-order valence-electron chi connectivity index (χ2n) is 5.39. The molecule has 0 fully saturated rings. The zero-order chi connectivity index (χ0) is 15.2. The largest absolute Gasteiger partial charge is 0.399 e. The van der Waals surface area contributed by atoms with Crippen molar-refractivity contribution in [3.05, 3.63) is 59.2 Å². The average Bonchev–Trinajstić information content (AvgIpc) is 2.45. The summed E-state index contributed by atoms with van der Waals surface area (Å²) < 4.78 is 0. The van der Waals surface area contributed by atoms with Crippen molar-refractivity contribution in [1.82, 2.24) is 0 Å². The van der Waals surface area contributed by atoms with E-state index in [0.29, 0.717) is 11.3 Å². The number of unbranched alkanes of at least 4 members (excludes halogenated alkanes) is 1. The zero-order valence-corrected chi connectivity index (χ0v) is 12.6. The average molecular weight is 282 g/mol. The number of nitrogen functional groups attached to an aromatic ring is 1. The van der Waals surface area contributed by atoms with E-state index >= 15 is 0 Å². The first-order valence-electron chi connectivity index (χ1n) is 7.36. The zero-order valence-electron chi connectivity index (χ0n) is 12.6. The van der Waals surface area contributed by atoms with E-state index in [1.54, 1.807) is 6.07 Å². The molecule has 1 amide bonds. The molecule has 0 aliphatic carbocycles. The molecule has 0 unspecified atom stereocenters. The van der Waals surface area contributed by atoms with Crippen molar-refractivity contribution >= 4 is 17.3 Å². The molecule has 0 aliphatic heterocycles. The third kappa shape index (κ3) is 4.35. The lowest BCUT2D eigenvalue weighted by Crippen LogP contribution is -2.12. The second kappa shape index (κ2) is 6.93. The number of nitrogens with two attached hydrogens (primary N) is 1. The van der Waals surface area contributed by atoms with Crippen LogP contribution in [0.3, 0.4) is 0 Å². The van der Waals surface area contributed by atoms with Gasteiger partial charge < -0.3 is 11.1 Å². The predicted octanol–water partition coefficient (Wildman–Crippen LogP) is 4.17. The lowest BCUT2D eigenvalue weighted by molar-refractivity contribution is 0.102. The minimum atomic E-state index is -0.133. The van der Waals surface area contributed by atoms with Crippen LogP contribution < -0.4 is 11.1 Å². The first kappa shape index (κ1) is 15.1. The highest BCUT2D eigenvalue weighted by atomic mass is 16.1. The number of carbonyl (C=O) groups is 1. The van der Waals surface area contributed by atoms with Gasteiger partial charge in [-0.15, -0.1) is 0 Å². The summed E-state index contributed by atoms with van der Waals surface area (Å²) >= 11 is 0. The molecule has 2 aromatic rings. The predicted molar refractivity (Wildman–Crippen MR) is 88.6 cm³/mol. The Labute approximate surface area is 126 Å². The third-order valence-electron chi connectivity index (χ3n) is 3.39. The monoisotopic (exact) mass is 282 g/mol. The highest BCUT2D eigenvalue weighted by Gasteiger charge is 2.07. The number of benzene rings is 2. The van der Waals surface area contributed by atoms with Crippen LogP contribution in [0.4, 0.5) is 11.4 Å². The Balaban J connectivity index is 2.05. The Morgan fingerprint density at radius 2 is 1.86 bits per heavy atom.